The number of nitrogens with zero attached hydrogens (tertiary/aromatic N) is 1. The molecule has 0 bridgehead atoms. The average molecular weight is 330 g/mol. The number of carboxylic acids is 1. The van der Waals surface area contributed by atoms with E-state index in [1.54, 1.807) is 20.8 Å². The molecule has 134 valence electrons. The van der Waals surface area contributed by atoms with E-state index in [9.17, 15) is 9.59 Å². The zero-order chi connectivity index (χ0) is 17.9. The number of ether oxygens (including phenoxy) is 2. The van der Waals surface area contributed by atoms with Gasteiger partial charge in [0.2, 0.25) is 0 Å². The van der Waals surface area contributed by atoms with E-state index in [1.807, 2.05) is 20.8 Å². The third-order valence-electron chi connectivity index (χ3n) is 3.55. The van der Waals surface area contributed by atoms with Crippen molar-refractivity contribution < 1.29 is 24.2 Å². The topological polar surface area (TPSA) is 88.1 Å². The number of carbonyl (C=O) groups excluding carboxylic acids is 1. The molecule has 0 aliphatic carbocycles. The average Bonchev–Trinajstić information content (AvgIpc) is 2.28. The number of hydrogen-bond donors (Lipinski definition) is 2. The third-order valence-corrected chi connectivity index (χ3v) is 3.55. The van der Waals surface area contributed by atoms with Crippen LogP contribution in [0.5, 0.6) is 0 Å². The molecule has 0 aromatic rings. The van der Waals surface area contributed by atoms with Gasteiger partial charge in [0.1, 0.15) is 5.60 Å². The number of amides is 1. The molecule has 0 spiro atoms. The lowest BCUT2D eigenvalue weighted by Crippen LogP contribution is -2.72. The molecule has 2 N–H and O–H groups in total. The van der Waals surface area contributed by atoms with E-state index in [-0.39, 0.29) is 6.42 Å². The highest BCUT2D eigenvalue weighted by Gasteiger charge is 2.48. The van der Waals surface area contributed by atoms with Gasteiger partial charge in [0, 0.05) is 26.2 Å². The smallest absolute Gasteiger partial charge is 0.410 e. The minimum atomic E-state index is -0.893. The molecule has 1 aliphatic heterocycles. The van der Waals surface area contributed by atoms with Gasteiger partial charge in [0.25, 0.3) is 0 Å². The first kappa shape index (κ1) is 19.7. The summed E-state index contributed by atoms with van der Waals surface area (Å²) in [4.78, 5) is 24.7. The van der Waals surface area contributed by atoms with Crippen molar-refractivity contribution in [1.29, 1.82) is 0 Å². The van der Waals surface area contributed by atoms with E-state index < -0.39 is 28.8 Å². The first-order valence-corrected chi connectivity index (χ1v) is 7.97. The summed E-state index contributed by atoms with van der Waals surface area (Å²) in [5.74, 6) is -0.893. The Balaban J connectivity index is 2.63. The predicted molar refractivity (Wildman–Crippen MR) is 86.5 cm³/mol. The van der Waals surface area contributed by atoms with Gasteiger partial charge in [-0.15, -0.1) is 0 Å². The van der Waals surface area contributed by atoms with Gasteiger partial charge in [-0.3, -0.25) is 4.79 Å². The zero-order valence-electron chi connectivity index (χ0n) is 15.1. The number of hydrogen-bond acceptors (Lipinski definition) is 5. The molecule has 23 heavy (non-hydrogen) atoms. The molecule has 1 aliphatic rings. The molecule has 1 saturated heterocycles. The second-order valence-corrected chi connectivity index (χ2v) is 7.73. The number of rotatable bonds is 7. The molecule has 0 aromatic carbocycles. The Morgan fingerprint density at radius 1 is 1.22 bits per heavy atom. The molecule has 0 saturated carbocycles. The zero-order valence-corrected chi connectivity index (χ0v) is 15.1. The first-order valence-electron chi connectivity index (χ1n) is 7.97. The lowest BCUT2D eigenvalue weighted by molar-refractivity contribution is -0.141. The summed E-state index contributed by atoms with van der Waals surface area (Å²) in [6.45, 7) is 13.0. The second-order valence-electron chi connectivity index (χ2n) is 7.73. The van der Waals surface area contributed by atoms with Crippen molar-refractivity contribution >= 4 is 12.1 Å². The molecular formula is C16H30N2O5. The lowest BCUT2D eigenvalue weighted by atomic mass is 9.85. The van der Waals surface area contributed by atoms with Crippen molar-refractivity contribution in [3.05, 3.63) is 0 Å². The molecule has 1 fully saturated rings. The van der Waals surface area contributed by atoms with Crippen LogP contribution < -0.4 is 5.32 Å². The van der Waals surface area contributed by atoms with Crippen molar-refractivity contribution in [2.75, 3.05) is 26.2 Å². The van der Waals surface area contributed by atoms with Gasteiger partial charge in [0.15, 0.2) is 0 Å². The molecule has 0 atom stereocenters. The maximum atomic E-state index is 12.0. The van der Waals surface area contributed by atoms with Crippen molar-refractivity contribution in [3.63, 3.8) is 0 Å². The summed E-state index contributed by atoms with van der Waals surface area (Å²) in [6.07, 6.45) is -0.460. The minimum Gasteiger partial charge on any atom is -0.481 e. The van der Waals surface area contributed by atoms with Crippen molar-refractivity contribution in [1.82, 2.24) is 10.2 Å². The van der Waals surface area contributed by atoms with Gasteiger partial charge in [-0.1, -0.05) is 0 Å². The van der Waals surface area contributed by atoms with Crippen LogP contribution in [0.3, 0.4) is 0 Å². The van der Waals surface area contributed by atoms with Gasteiger partial charge in [-0.2, -0.15) is 0 Å². The van der Waals surface area contributed by atoms with Crippen LogP contribution >= 0.6 is 0 Å². The Morgan fingerprint density at radius 2 is 1.78 bits per heavy atom. The standard InChI is InChI=1S/C16H30N2O5/c1-7-22-15(5,6)9-17-16(8-12(19)20)10-18(11-16)13(21)23-14(2,3)4/h17H,7-11H2,1-6H3,(H,19,20). The summed E-state index contributed by atoms with van der Waals surface area (Å²) in [5, 5.41) is 12.4. The Morgan fingerprint density at radius 3 is 2.22 bits per heavy atom. The quantitative estimate of drug-likeness (QED) is 0.741. The molecule has 7 nitrogen and oxygen atoms in total. The van der Waals surface area contributed by atoms with Gasteiger partial charge in [-0.25, -0.2) is 4.79 Å². The largest absolute Gasteiger partial charge is 0.481 e. The molecular weight excluding hydrogens is 300 g/mol. The molecule has 0 aromatic heterocycles. The molecule has 1 amide bonds. The van der Waals surface area contributed by atoms with Gasteiger partial charge >= 0.3 is 12.1 Å². The Bertz CT molecular complexity index is 436. The SMILES string of the molecule is CCOC(C)(C)CNC1(CC(=O)O)CN(C(=O)OC(C)(C)C)C1. The van der Waals surface area contributed by atoms with E-state index in [2.05, 4.69) is 5.32 Å². The summed E-state index contributed by atoms with van der Waals surface area (Å²) in [6, 6.07) is 0. The third kappa shape index (κ3) is 6.35. The molecule has 7 heteroatoms. The number of carboxylic acid groups (broad SMARTS) is 1. The summed E-state index contributed by atoms with van der Waals surface area (Å²) < 4.78 is 10.9. The van der Waals surface area contributed by atoms with Crippen LogP contribution in [0.2, 0.25) is 0 Å². The number of nitrogens with one attached hydrogen (secondary N) is 1. The highest BCUT2D eigenvalue weighted by molar-refractivity contribution is 5.73. The van der Waals surface area contributed by atoms with Crippen LogP contribution in [0.4, 0.5) is 4.79 Å². The van der Waals surface area contributed by atoms with Crippen molar-refractivity contribution in [3.8, 4) is 0 Å². The van der Waals surface area contributed by atoms with Gasteiger partial charge < -0.3 is 24.8 Å². The molecule has 1 rings (SSSR count). The molecule has 1 heterocycles. The first-order chi connectivity index (χ1) is 10.4. The summed E-state index contributed by atoms with van der Waals surface area (Å²) in [5.41, 5.74) is -1.59. The fourth-order valence-electron chi connectivity index (χ4n) is 2.56. The summed E-state index contributed by atoms with van der Waals surface area (Å²) in [7, 11) is 0. The lowest BCUT2D eigenvalue weighted by Gasteiger charge is -2.50. The maximum absolute atomic E-state index is 12.0. The number of likely N-dealkylation sites (tertiary alicyclic amines) is 1. The number of carbonyl (C=O) groups is 2. The van der Waals surface area contributed by atoms with Crippen LogP contribution in [-0.4, -0.2) is 65.1 Å². The van der Waals surface area contributed by atoms with Gasteiger partial charge in [-0.05, 0) is 41.5 Å². The van der Waals surface area contributed by atoms with E-state index in [1.165, 1.54) is 4.90 Å². The predicted octanol–water partition coefficient (Wildman–Crippen LogP) is 1.86. The van der Waals surface area contributed by atoms with Gasteiger partial charge in [0.05, 0.1) is 17.6 Å². The maximum Gasteiger partial charge on any atom is 0.410 e. The van der Waals surface area contributed by atoms with E-state index in [4.69, 9.17) is 14.6 Å². The monoisotopic (exact) mass is 330 g/mol. The van der Waals surface area contributed by atoms with Crippen molar-refractivity contribution in [2.45, 2.75) is 64.7 Å². The van der Waals surface area contributed by atoms with E-state index >= 15 is 0 Å². The fourth-order valence-corrected chi connectivity index (χ4v) is 2.56. The highest BCUT2D eigenvalue weighted by atomic mass is 16.6. The highest BCUT2D eigenvalue weighted by Crippen LogP contribution is 2.27. The van der Waals surface area contributed by atoms with Crippen LogP contribution in [0, 0.1) is 0 Å². The van der Waals surface area contributed by atoms with E-state index in [0.717, 1.165) is 0 Å². The molecule has 0 unspecified atom stereocenters. The Hall–Kier alpha value is -1.34. The van der Waals surface area contributed by atoms with Crippen molar-refractivity contribution in [2.24, 2.45) is 0 Å². The molecule has 0 radical (unpaired) electrons. The van der Waals surface area contributed by atoms with Crippen LogP contribution in [0.25, 0.3) is 0 Å². The van der Waals surface area contributed by atoms with Crippen LogP contribution in [0.1, 0.15) is 48.0 Å². The fraction of sp³-hybridized carbons (Fsp3) is 0.875. The summed E-state index contributed by atoms with van der Waals surface area (Å²) >= 11 is 0. The van der Waals surface area contributed by atoms with E-state index in [0.29, 0.717) is 26.2 Å². The Labute approximate surface area is 138 Å². The minimum absolute atomic E-state index is 0.0471. The second kappa shape index (κ2) is 7.05. The normalized spacial score (nSPS) is 17.6. The van der Waals surface area contributed by atoms with Crippen LogP contribution in [-0.2, 0) is 14.3 Å². The van der Waals surface area contributed by atoms with Crippen LogP contribution in [0.15, 0.2) is 0 Å². The number of aliphatic carboxylic acids is 1. The Kier molecular flexibility index (Phi) is 6.04.